The lowest BCUT2D eigenvalue weighted by Gasteiger charge is -2.10. The van der Waals surface area contributed by atoms with Crippen LogP contribution in [0.5, 0.6) is 0 Å². The number of aliphatic hydroxyl groups excluding tert-OH is 1. The van der Waals surface area contributed by atoms with Crippen molar-refractivity contribution < 1.29 is 5.11 Å². The zero-order valence-electron chi connectivity index (χ0n) is 8.97. The zero-order valence-corrected chi connectivity index (χ0v) is 9.73. The standard InChI is InChI=1S/C12H17ClO/c1-4-11(14)7-10-5-8(2)12(13)9(3)6-10/h5-6,11,14H,4,7H2,1-3H3/t11-/m1/s1. The van der Waals surface area contributed by atoms with Crippen LogP contribution in [0.2, 0.25) is 5.02 Å². The zero-order chi connectivity index (χ0) is 10.7. The van der Waals surface area contributed by atoms with Crippen LogP contribution < -0.4 is 0 Å². The van der Waals surface area contributed by atoms with Crippen molar-refractivity contribution in [1.29, 1.82) is 0 Å². The van der Waals surface area contributed by atoms with Crippen LogP contribution in [0.3, 0.4) is 0 Å². The predicted octanol–water partition coefficient (Wildman–Crippen LogP) is 3.27. The van der Waals surface area contributed by atoms with Crippen molar-refractivity contribution in [2.45, 2.75) is 39.7 Å². The third-order valence-corrected chi connectivity index (χ3v) is 3.03. The second-order valence-electron chi connectivity index (χ2n) is 3.81. The fourth-order valence-corrected chi connectivity index (χ4v) is 1.68. The summed E-state index contributed by atoms with van der Waals surface area (Å²) in [5.41, 5.74) is 3.34. The summed E-state index contributed by atoms with van der Waals surface area (Å²) in [6, 6.07) is 4.10. The Labute approximate surface area is 90.7 Å². The molecule has 1 aromatic carbocycles. The molecule has 0 radical (unpaired) electrons. The molecule has 0 saturated carbocycles. The summed E-state index contributed by atoms with van der Waals surface area (Å²) in [6.07, 6.45) is 1.27. The molecule has 0 saturated heterocycles. The SMILES string of the molecule is CC[C@@H](O)Cc1cc(C)c(Cl)c(C)c1. The third-order valence-electron chi connectivity index (χ3n) is 2.44. The van der Waals surface area contributed by atoms with E-state index in [4.69, 9.17) is 11.6 Å². The Morgan fingerprint density at radius 2 is 1.79 bits per heavy atom. The molecule has 0 aliphatic carbocycles. The number of hydrogen-bond donors (Lipinski definition) is 1. The fraction of sp³-hybridized carbons (Fsp3) is 0.500. The van der Waals surface area contributed by atoms with Gasteiger partial charge in [0.2, 0.25) is 0 Å². The fourth-order valence-electron chi connectivity index (χ4n) is 1.57. The number of rotatable bonds is 3. The van der Waals surface area contributed by atoms with Gasteiger partial charge in [-0.2, -0.15) is 0 Å². The molecule has 1 aromatic rings. The highest BCUT2D eigenvalue weighted by atomic mass is 35.5. The molecule has 0 unspecified atom stereocenters. The van der Waals surface area contributed by atoms with Crippen LogP contribution in [-0.2, 0) is 6.42 Å². The van der Waals surface area contributed by atoms with Crippen LogP contribution in [0.1, 0.15) is 30.0 Å². The van der Waals surface area contributed by atoms with Crippen LogP contribution in [0.25, 0.3) is 0 Å². The van der Waals surface area contributed by atoms with Gasteiger partial charge in [-0.05, 0) is 43.4 Å². The lowest BCUT2D eigenvalue weighted by molar-refractivity contribution is 0.171. The van der Waals surface area contributed by atoms with Gasteiger partial charge in [0.25, 0.3) is 0 Å². The summed E-state index contributed by atoms with van der Waals surface area (Å²) in [5, 5.41) is 10.4. The van der Waals surface area contributed by atoms with Crippen molar-refractivity contribution in [3.63, 3.8) is 0 Å². The third kappa shape index (κ3) is 2.73. The van der Waals surface area contributed by atoms with E-state index < -0.39 is 0 Å². The molecule has 0 spiro atoms. The summed E-state index contributed by atoms with van der Waals surface area (Å²) in [5.74, 6) is 0. The molecule has 0 bridgehead atoms. The Morgan fingerprint density at radius 1 is 1.29 bits per heavy atom. The Morgan fingerprint density at radius 3 is 2.21 bits per heavy atom. The summed E-state index contributed by atoms with van der Waals surface area (Å²) in [4.78, 5) is 0. The second-order valence-corrected chi connectivity index (χ2v) is 4.19. The molecule has 0 aliphatic rings. The van der Waals surface area contributed by atoms with E-state index in [9.17, 15) is 5.11 Å². The number of halogens is 1. The van der Waals surface area contributed by atoms with Crippen molar-refractivity contribution in [3.05, 3.63) is 33.8 Å². The summed E-state index contributed by atoms with van der Waals surface area (Å²) in [6.45, 7) is 5.98. The van der Waals surface area contributed by atoms with E-state index in [1.54, 1.807) is 0 Å². The minimum atomic E-state index is -0.241. The largest absolute Gasteiger partial charge is 0.393 e. The Hall–Kier alpha value is -0.530. The molecule has 0 fully saturated rings. The summed E-state index contributed by atoms with van der Waals surface area (Å²) in [7, 11) is 0. The topological polar surface area (TPSA) is 20.2 Å². The highest BCUT2D eigenvalue weighted by Gasteiger charge is 2.06. The molecule has 0 aromatic heterocycles. The average molecular weight is 213 g/mol. The maximum atomic E-state index is 9.53. The van der Waals surface area contributed by atoms with Crippen molar-refractivity contribution in [3.8, 4) is 0 Å². The van der Waals surface area contributed by atoms with E-state index in [1.807, 2.05) is 32.9 Å². The molecule has 1 N–H and O–H groups in total. The van der Waals surface area contributed by atoms with E-state index in [0.717, 1.165) is 29.0 Å². The van der Waals surface area contributed by atoms with E-state index in [0.29, 0.717) is 0 Å². The van der Waals surface area contributed by atoms with Gasteiger partial charge in [-0.1, -0.05) is 30.7 Å². The van der Waals surface area contributed by atoms with Gasteiger partial charge in [0, 0.05) is 5.02 Å². The van der Waals surface area contributed by atoms with Gasteiger partial charge in [-0.25, -0.2) is 0 Å². The van der Waals surface area contributed by atoms with Crippen molar-refractivity contribution in [2.24, 2.45) is 0 Å². The molecular weight excluding hydrogens is 196 g/mol. The van der Waals surface area contributed by atoms with Gasteiger partial charge in [0.15, 0.2) is 0 Å². The molecule has 0 aliphatic heterocycles. The molecule has 78 valence electrons. The lowest BCUT2D eigenvalue weighted by Crippen LogP contribution is -2.08. The van der Waals surface area contributed by atoms with Gasteiger partial charge < -0.3 is 5.11 Å². The Balaban J connectivity index is 2.89. The van der Waals surface area contributed by atoms with Gasteiger partial charge in [-0.3, -0.25) is 0 Å². The highest BCUT2D eigenvalue weighted by Crippen LogP contribution is 2.22. The van der Waals surface area contributed by atoms with Gasteiger partial charge in [0.05, 0.1) is 6.10 Å². The highest BCUT2D eigenvalue weighted by molar-refractivity contribution is 6.32. The first-order chi connectivity index (χ1) is 6.54. The molecular formula is C12H17ClO. The van der Waals surface area contributed by atoms with Crippen LogP contribution >= 0.6 is 11.6 Å². The summed E-state index contributed by atoms with van der Waals surface area (Å²) < 4.78 is 0. The van der Waals surface area contributed by atoms with E-state index >= 15 is 0 Å². The van der Waals surface area contributed by atoms with Crippen molar-refractivity contribution in [1.82, 2.24) is 0 Å². The lowest BCUT2D eigenvalue weighted by atomic mass is 10.0. The van der Waals surface area contributed by atoms with Crippen molar-refractivity contribution >= 4 is 11.6 Å². The minimum Gasteiger partial charge on any atom is -0.393 e. The minimum absolute atomic E-state index is 0.241. The smallest absolute Gasteiger partial charge is 0.0577 e. The van der Waals surface area contributed by atoms with Crippen LogP contribution in [0, 0.1) is 13.8 Å². The normalized spacial score (nSPS) is 12.9. The van der Waals surface area contributed by atoms with Crippen LogP contribution in [-0.4, -0.2) is 11.2 Å². The first-order valence-corrected chi connectivity index (χ1v) is 5.36. The van der Waals surface area contributed by atoms with E-state index in [1.165, 1.54) is 5.56 Å². The molecule has 1 rings (SSSR count). The first kappa shape index (κ1) is 11.5. The molecule has 0 amide bonds. The Kier molecular flexibility index (Phi) is 3.97. The van der Waals surface area contributed by atoms with Gasteiger partial charge in [0.1, 0.15) is 0 Å². The molecule has 2 heteroatoms. The van der Waals surface area contributed by atoms with Crippen molar-refractivity contribution in [2.75, 3.05) is 0 Å². The van der Waals surface area contributed by atoms with E-state index in [-0.39, 0.29) is 6.10 Å². The second kappa shape index (κ2) is 4.81. The molecule has 1 nitrogen and oxygen atoms in total. The monoisotopic (exact) mass is 212 g/mol. The molecule has 14 heavy (non-hydrogen) atoms. The summed E-state index contributed by atoms with van der Waals surface area (Å²) >= 11 is 6.06. The molecule has 0 heterocycles. The maximum absolute atomic E-state index is 9.53. The van der Waals surface area contributed by atoms with Crippen LogP contribution in [0.4, 0.5) is 0 Å². The van der Waals surface area contributed by atoms with Gasteiger partial charge >= 0.3 is 0 Å². The maximum Gasteiger partial charge on any atom is 0.0577 e. The number of aliphatic hydroxyl groups is 1. The molecule has 1 atom stereocenters. The average Bonchev–Trinajstić information content (AvgIpc) is 2.14. The first-order valence-electron chi connectivity index (χ1n) is 4.98. The van der Waals surface area contributed by atoms with E-state index in [2.05, 4.69) is 0 Å². The quantitative estimate of drug-likeness (QED) is 0.816. The van der Waals surface area contributed by atoms with Gasteiger partial charge in [-0.15, -0.1) is 0 Å². The Bertz CT molecular complexity index is 297. The number of aryl methyl sites for hydroxylation is 2. The predicted molar refractivity (Wildman–Crippen MR) is 60.9 cm³/mol. The number of benzene rings is 1. The van der Waals surface area contributed by atoms with Crippen LogP contribution in [0.15, 0.2) is 12.1 Å². The number of hydrogen-bond acceptors (Lipinski definition) is 1.